The van der Waals surface area contributed by atoms with E-state index in [9.17, 15) is 18.4 Å². The van der Waals surface area contributed by atoms with Crippen molar-refractivity contribution in [1.82, 2.24) is 0 Å². The average molecular weight is 448 g/mol. The molecule has 1 aliphatic heterocycles. The quantitative estimate of drug-likeness (QED) is 0.488. The molecule has 1 aliphatic rings. The van der Waals surface area contributed by atoms with Crippen molar-refractivity contribution in [2.24, 2.45) is 0 Å². The summed E-state index contributed by atoms with van der Waals surface area (Å²) in [5.74, 6) is -2.63. The van der Waals surface area contributed by atoms with Gasteiger partial charge < -0.3 is 10.1 Å². The van der Waals surface area contributed by atoms with E-state index in [0.29, 0.717) is 29.7 Å². The zero-order valence-electron chi connectivity index (χ0n) is 18.2. The van der Waals surface area contributed by atoms with Crippen molar-refractivity contribution in [3.05, 3.63) is 95.2 Å². The number of benzene rings is 3. The Balaban J connectivity index is 1.78. The summed E-state index contributed by atoms with van der Waals surface area (Å²) in [4.78, 5) is 27.5. The minimum absolute atomic E-state index is 0.000203. The molecule has 0 saturated carbocycles. The van der Waals surface area contributed by atoms with Gasteiger partial charge in [0.2, 0.25) is 0 Å². The number of ether oxygens (including phenoxy) is 1. The van der Waals surface area contributed by atoms with Crippen LogP contribution in [0.5, 0.6) is 5.75 Å². The third kappa shape index (κ3) is 4.48. The fourth-order valence-electron chi connectivity index (χ4n) is 3.54. The molecule has 2 amide bonds. The SMILES string of the molecule is CCCOc1cccc(NC2=C(c3ccc(C)cc3)C(=O)N(c3ccc(F)cc3F)C2=O)c1. The summed E-state index contributed by atoms with van der Waals surface area (Å²) in [5.41, 5.74) is 1.81. The van der Waals surface area contributed by atoms with Crippen molar-refractivity contribution >= 4 is 28.8 Å². The number of amides is 2. The summed E-state index contributed by atoms with van der Waals surface area (Å²) in [7, 11) is 0. The maximum atomic E-state index is 14.5. The van der Waals surface area contributed by atoms with Crippen molar-refractivity contribution in [2.75, 3.05) is 16.8 Å². The molecule has 33 heavy (non-hydrogen) atoms. The molecule has 0 saturated heterocycles. The van der Waals surface area contributed by atoms with Crippen LogP contribution in [-0.4, -0.2) is 18.4 Å². The lowest BCUT2D eigenvalue weighted by molar-refractivity contribution is -0.120. The molecule has 1 N–H and O–H groups in total. The molecule has 0 aromatic heterocycles. The zero-order valence-corrected chi connectivity index (χ0v) is 18.2. The van der Waals surface area contributed by atoms with Crippen LogP contribution in [0.1, 0.15) is 24.5 Å². The molecule has 4 rings (SSSR count). The highest BCUT2D eigenvalue weighted by atomic mass is 19.1. The Morgan fingerprint density at radius 1 is 0.939 bits per heavy atom. The Morgan fingerprint density at radius 3 is 2.39 bits per heavy atom. The highest BCUT2D eigenvalue weighted by molar-refractivity contribution is 6.46. The van der Waals surface area contributed by atoms with Gasteiger partial charge in [0.1, 0.15) is 23.1 Å². The number of aryl methyl sites for hydroxylation is 1. The number of hydrogen-bond acceptors (Lipinski definition) is 4. The third-order valence-electron chi connectivity index (χ3n) is 5.15. The van der Waals surface area contributed by atoms with E-state index in [0.717, 1.165) is 29.0 Å². The molecule has 1 heterocycles. The van der Waals surface area contributed by atoms with Gasteiger partial charge >= 0.3 is 0 Å². The molecule has 3 aromatic rings. The molecule has 0 unspecified atom stereocenters. The summed E-state index contributed by atoms with van der Waals surface area (Å²) in [6.45, 7) is 4.43. The number of nitrogens with one attached hydrogen (secondary N) is 1. The molecule has 168 valence electrons. The molecule has 0 radical (unpaired) electrons. The van der Waals surface area contributed by atoms with Gasteiger partial charge in [-0.3, -0.25) is 9.59 Å². The van der Waals surface area contributed by atoms with Crippen LogP contribution in [0.3, 0.4) is 0 Å². The van der Waals surface area contributed by atoms with E-state index in [2.05, 4.69) is 5.32 Å². The predicted octanol–water partition coefficient (Wildman–Crippen LogP) is 5.46. The molecular weight excluding hydrogens is 426 g/mol. The van der Waals surface area contributed by atoms with Gasteiger partial charge in [-0.2, -0.15) is 0 Å². The first-order valence-corrected chi connectivity index (χ1v) is 10.5. The fourth-order valence-corrected chi connectivity index (χ4v) is 3.54. The average Bonchev–Trinajstić information content (AvgIpc) is 3.03. The topological polar surface area (TPSA) is 58.6 Å². The van der Waals surface area contributed by atoms with Crippen molar-refractivity contribution < 1.29 is 23.1 Å². The van der Waals surface area contributed by atoms with Crippen LogP contribution in [0.2, 0.25) is 0 Å². The minimum Gasteiger partial charge on any atom is -0.494 e. The summed E-state index contributed by atoms with van der Waals surface area (Å²) in [6, 6.07) is 16.8. The number of carbonyl (C=O) groups is 2. The lowest BCUT2D eigenvalue weighted by Crippen LogP contribution is -2.33. The van der Waals surface area contributed by atoms with Crippen LogP contribution in [-0.2, 0) is 9.59 Å². The van der Waals surface area contributed by atoms with Crippen LogP contribution in [0.4, 0.5) is 20.2 Å². The van der Waals surface area contributed by atoms with E-state index in [-0.39, 0.29) is 17.0 Å². The van der Waals surface area contributed by atoms with Gasteiger partial charge in [-0.25, -0.2) is 13.7 Å². The normalized spacial score (nSPS) is 13.6. The Labute approximate surface area is 190 Å². The monoisotopic (exact) mass is 448 g/mol. The first-order valence-electron chi connectivity index (χ1n) is 10.5. The largest absolute Gasteiger partial charge is 0.494 e. The van der Waals surface area contributed by atoms with Crippen LogP contribution >= 0.6 is 0 Å². The standard InChI is InChI=1S/C26H22F2N2O3/c1-3-13-33-20-6-4-5-19(15-20)29-24-23(17-9-7-16(2)8-10-17)25(31)30(26(24)32)22-12-11-18(27)14-21(22)28/h4-12,14-15,29H,3,13H2,1-2H3. The van der Waals surface area contributed by atoms with E-state index in [1.54, 1.807) is 36.4 Å². The maximum absolute atomic E-state index is 14.5. The second kappa shape index (κ2) is 9.24. The highest BCUT2D eigenvalue weighted by Gasteiger charge is 2.41. The van der Waals surface area contributed by atoms with Gasteiger partial charge in [-0.1, -0.05) is 42.8 Å². The Hall–Kier alpha value is -4.00. The maximum Gasteiger partial charge on any atom is 0.282 e. The van der Waals surface area contributed by atoms with Crippen molar-refractivity contribution in [2.45, 2.75) is 20.3 Å². The summed E-state index contributed by atoms with van der Waals surface area (Å²) >= 11 is 0. The molecule has 0 atom stereocenters. The van der Waals surface area contributed by atoms with E-state index in [1.165, 1.54) is 0 Å². The number of nitrogens with zero attached hydrogens (tertiary/aromatic N) is 1. The van der Waals surface area contributed by atoms with Crippen LogP contribution < -0.4 is 15.0 Å². The van der Waals surface area contributed by atoms with Gasteiger partial charge in [0.05, 0.1) is 17.9 Å². The third-order valence-corrected chi connectivity index (χ3v) is 5.15. The lowest BCUT2D eigenvalue weighted by atomic mass is 10.0. The Bertz CT molecular complexity index is 1250. The molecule has 3 aromatic carbocycles. The Morgan fingerprint density at radius 2 is 1.70 bits per heavy atom. The molecule has 0 spiro atoms. The first kappa shape index (κ1) is 22.2. The van der Waals surface area contributed by atoms with Gasteiger partial charge in [-0.15, -0.1) is 0 Å². The van der Waals surface area contributed by atoms with E-state index in [4.69, 9.17) is 4.74 Å². The molecule has 0 aliphatic carbocycles. The van der Waals surface area contributed by atoms with Gasteiger partial charge in [0, 0.05) is 17.8 Å². The highest BCUT2D eigenvalue weighted by Crippen LogP contribution is 2.35. The Kier molecular flexibility index (Phi) is 6.22. The summed E-state index contributed by atoms with van der Waals surface area (Å²) in [5, 5.41) is 3.02. The van der Waals surface area contributed by atoms with E-state index >= 15 is 0 Å². The number of carbonyl (C=O) groups excluding carboxylic acids is 2. The van der Waals surface area contributed by atoms with E-state index in [1.807, 2.05) is 26.0 Å². The number of rotatable bonds is 7. The second-order valence-corrected chi connectivity index (χ2v) is 7.66. The lowest BCUT2D eigenvalue weighted by Gasteiger charge is -2.16. The summed E-state index contributed by atoms with van der Waals surface area (Å²) in [6.07, 6.45) is 0.839. The van der Waals surface area contributed by atoms with Gasteiger partial charge in [0.15, 0.2) is 0 Å². The van der Waals surface area contributed by atoms with Crippen molar-refractivity contribution in [1.29, 1.82) is 0 Å². The number of imide groups is 1. The summed E-state index contributed by atoms with van der Waals surface area (Å²) < 4.78 is 33.6. The number of halogens is 2. The predicted molar refractivity (Wildman–Crippen MR) is 123 cm³/mol. The number of anilines is 2. The van der Waals surface area contributed by atoms with Crippen LogP contribution in [0.25, 0.3) is 5.57 Å². The van der Waals surface area contributed by atoms with Crippen molar-refractivity contribution in [3.63, 3.8) is 0 Å². The molecule has 0 bridgehead atoms. The van der Waals surface area contributed by atoms with Crippen molar-refractivity contribution in [3.8, 4) is 5.75 Å². The van der Waals surface area contributed by atoms with Gasteiger partial charge in [-0.05, 0) is 43.2 Å². The first-order chi connectivity index (χ1) is 15.9. The van der Waals surface area contributed by atoms with Gasteiger partial charge in [0.25, 0.3) is 11.8 Å². The smallest absolute Gasteiger partial charge is 0.282 e. The van der Waals surface area contributed by atoms with Crippen LogP contribution in [0.15, 0.2) is 72.4 Å². The van der Waals surface area contributed by atoms with E-state index < -0.39 is 23.4 Å². The molecule has 0 fully saturated rings. The molecule has 7 heteroatoms. The van der Waals surface area contributed by atoms with Crippen LogP contribution in [0, 0.1) is 18.6 Å². The molecular formula is C26H22F2N2O3. The zero-order chi connectivity index (χ0) is 23.5. The minimum atomic E-state index is -1.00. The number of hydrogen-bond donors (Lipinski definition) is 1. The second-order valence-electron chi connectivity index (χ2n) is 7.66. The fraction of sp³-hybridized carbons (Fsp3) is 0.154. The molecule has 5 nitrogen and oxygen atoms in total.